The second-order valence-electron chi connectivity index (χ2n) is 12.7. The number of hydrogen-bond acceptors (Lipinski definition) is 6. The molecule has 0 heterocycles. The van der Waals surface area contributed by atoms with Gasteiger partial charge in [-0.3, -0.25) is 14.4 Å². The first-order valence-corrected chi connectivity index (χ1v) is 16.5. The Morgan fingerprint density at radius 2 is 1.49 bits per heavy atom. The van der Waals surface area contributed by atoms with Crippen LogP contribution in [0.4, 0.5) is 11.4 Å². The van der Waals surface area contributed by atoms with Gasteiger partial charge in [0.25, 0.3) is 11.0 Å². The summed E-state index contributed by atoms with van der Waals surface area (Å²) in [4.78, 5) is 39.6. The highest BCUT2D eigenvalue weighted by atomic mass is 35.5. The quantitative estimate of drug-likeness (QED) is 0.0676. The largest absolute Gasteiger partial charge is 0.495 e. The van der Waals surface area contributed by atoms with Crippen LogP contribution in [0.15, 0.2) is 60.7 Å². The number of Topliss-reactive ketones (excluding diaryl/α,β-unsaturated/α-hetero) is 1. The Morgan fingerprint density at radius 1 is 0.830 bits per heavy atom. The van der Waals surface area contributed by atoms with Gasteiger partial charge in [0.2, 0.25) is 11.7 Å². The molecule has 3 aromatic rings. The predicted octanol–water partition coefficient (Wildman–Crippen LogP) is 8.92. The van der Waals surface area contributed by atoms with E-state index in [2.05, 4.69) is 64.3 Å². The van der Waals surface area contributed by atoms with Crippen molar-refractivity contribution in [1.82, 2.24) is 0 Å². The number of halogens is 2. The third-order valence-corrected chi connectivity index (χ3v) is 9.64. The van der Waals surface area contributed by atoms with Gasteiger partial charge in [-0.1, -0.05) is 95.1 Å². The van der Waals surface area contributed by atoms with E-state index in [0.717, 1.165) is 31.3 Å². The van der Waals surface area contributed by atoms with Crippen molar-refractivity contribution in [1.29, 1.82) is 0 Å². The van der Waals surface area contributed by atoms with Crippen molar-refractivity contribution in [2.45, 2.75) is 83.1 Å². The van der Waals surface area contributed by atoms with Crippen LogP contribution in [0.3, 0.4) is 0 Å². The molecule has 1 atom stereocenters. The average molecular weight is 686 g/mol. The Balaban J connectivity index is 1.73. The number of alkyl halides is 1. The zero-order valence-corrected chi connectivity index (χ0v) is 30.0. The molecule has 8 nitrogen and oxygen atoms in total. The van der Waals surface area contributed by atoms with Crippen LogP contribution >= 0.6 is 23.2 Å². The van der Waals surface area contributed by atoms with Crippen LogP contribution in [0.1, 0.15) is 88.7 Å². The van der Waals surface area contributed by atoms with Gasteiger partial charge in [-0.05, 0) is 66.0 Å². The summed E-state index contributed by atoms with van der Waals surface area (Å²) in [5.41, 5.74) is 2.88. The smallest absolute Gasteiger partial charge is 0.285 e. The molecule has 10 heteroatoms. The summed E-state index contributed by atoms with van der Waals surface area (Å²) >= 11 is 13.0. The summed E-state index contributed by atoms with van der Waals surface area (Å²) in [5, 5.41) is 3.02. The van der Waals surface area contributed by atoms with E-state index in [-0.39, 0.29) is 45.2 Å². The third-order valence-electron chi connectivity index (χ3n) is 8.76. The van der Waals surface area contributed by atoms with Crippen LogP contribution in [-0.2, 0) is 25.2 Å². The molecule has 0 bridgehead atoms. The molecule has 47 heavy (non-hydrogen) atoms. The molecule has 0 radical (unpaired) electrons. The van der Waals surface area contributed by atoms with Gasteiger partial charge in [0.1, 0.15) is 16.5 Å². The van der Waals surface area contributed by atoms with E-state index in [1.165, 1.54) is 24.8 Å². The van der Waals surface area contributed by atoms with Gasteiger partial charge >= 0.3 is 0 Å². The first-order valence-electron chi connectivity index (χ1n) is 15.7. The van der Waals surface area contributed by atoms with E-state index < -0.39 is 16.8 Å². The Hall–Kier alpha value is -3.59. The summed E-state index contributed by atoms with van der Waals surface area (Å²) < 4.78 is 16.8. The van der Waals surface area contributed by atoms with Crippen molar-refractivity contribution < 1.29 is 28.6 Å². The molecule has 0 aliphatic carbocycles. The summed E-state index contributed by atoms with van der Waals surface area (Å²) in [6.07, 6.45) is 2.52. The van der Waals surface area contributed by atoms with Crippen LogP contribution in [0.25, 0.3) is 0 Å². The Bertz CT molecular complexity index is 1570. The lowest BCUT2D eigenvalue weighted by Crippen LogP contribution is -2.46. The number of rotatable bonds is 16. The molecule has 0 aliphatic rings. The number of anilines is 2. The lowest BCUT2D eigenvalue weighted by atomic mass is 9.76. The van der Waals surface area contributed by atoms with Crippen LogP contribution in [0.5, 0.6) is 11.5 Å². The van der Waals surface area contributed by atoms with Gasteiger partial charge in [0.15, 0.2) is 0 Å². The predicted molar refractivity (Wildman–Crippen MR) is 189 cm³/mol. The minimum Gasteiger partial charge on any atom is -0.495 e. The van der Waals surface area contributed by atoms with Gasteiger partial charge in [0.05, 0.1) is 19.4 Å². The van der Waals surface area contributed by atoms with E-state index in [1.54, 1.807) is 30.3 Å². The van der Waals surface area contributed by atoms with Gasteiger partial charge in [-0.25, -0.2) is 0 Å². The first-order chi connectivity index (χ1) is 22.1. The topological polar surface area (TPSA) is 103 Å². The van der Waals surface area contributed by atoms with Crippen molar-refractivity contribution in [3.63, 3.8) is 0 Å². The zero-order valence-electron chi connectivity index (χ0n) is 28.5. The third kappa shape index (κ3) is 9.06. The normalized spacial score (nSPS) is 13.0. The molecule has 0 spiro atoms. The van der Waals surface area contributed by atoms with E-state index in [4.69, 9.17) is 37.4 Å². The molecular formula is C37H46Cl2N2O6. The molecule has 254 valence electrons. The Morgan fingerprint density at radius 3 is 2.09 bits per heavy atom. The summed E-state index contributed by atoms with van der Waals surface area (Å²) in [6, 6.07) is 17.6. The standard InChI is InChI=1S/C37H46Cl2N2O6/c1-9-35(3,4)25-18-19-29(27(23-25)36(5,6)10-2)47-20-14-17-31(42)41-28-21-24(22-30(45-7)32(28)38)33(43)37(39,46-8)34(44)40-26-15-12-11-13-16-26/h11-13,15-16,18-19,21-23H,9-10,14,17,20H2,1-8H3,(H,40,44)(H,41,42). The van der Waals surface area contributed by atoms with Crippen molar-refractivity contribution >= 4 is 52.2 Å². The molecule has 3 aromatic carbocycles. The molecule has 0 saturated carbocycles. The van der Waals surface area contributed by atoms with Crippen molar-refractivity contribution in [2.75, 3.05) is 31.5 Å². The number of para-hydroxylation sites is 1. The number of carbonyl (C=O) groups is 3. The molecule has 2 N–H and O–H groups in total. The number of ketones is 1. The molecule has 0 saturated heterocycles. The second kappa shape index (κ2) is 16.0. The number of methoxy groups -OCH3 is 2. The van der Waals surface area contributed by atoms with E-state index in [1.807, 2.05) is 6.07 Å². The highest BCUT2D eigenvalue weighted by Crippen LogP contribution is 2.39. The highest BCUT2D eigenvalue weighted by molar-refractivity contribution is 6.49. The fraction of sp³-hybridized carbons (Fsp3) is 0.432. The molecule has 0 fully saturated rings. The van der Waals surface area contributed by atoms with Crippen LogP contribution in [0.2, 0.25) is 5.02 Å². The summed E-state index contributed by atoms with van der Waals surface area (Å²) in [6.45, 7) is 13.6. The Kier molecular flexibility index (Phi) is 12.9. The fourth-order valence-corrected chi connectivity index (χ4v) is 5.19. The zero-order chi connectivity index (χ0) is 35.0. The highest BCUT2D eigenvalue weighted by Gasteiger charge is 2.45. The van der Waals surface area contributed by atoms with E-state index in [0.29, 0.717) is 18.7 Å². The average Bonchev–Trinajstić information content (AvgIpc) is 3.07. The fourth-order valence-electron chi connectivity index (χ4n) is 4.80. The second-order valence-corrected chi connectivity index (χ2v) is 13.6. The molecule has 2 amide bonds. The lowest BCUT2D eigenvalue weighted by Gasteiger charge is -2.30. The van der Waals surface area contributed by atoms with Gasteiger partial charge in [-0.15, -0.1) is 0 Å². The van der Waals surface area contributed by atoms with Crippen molar-refractivity contribution in [3.8, 4) is 11.5 Å². The Labute approximate surface area is 288 Å². The minimum atomic E-state index is -2.40. The van der Waals surface area contributed by atoms with Crippen LogP contribution in [0, 0.1) is 0 Å². The van der Waals surface area contributed by atoms with Crippen molar-refractivity contribution in [2.24, 2.45) is 0 Å². The van der Waals surface area contributed by atoms with Gasteiger partial charge in [0, 0.05) is 30.3 Å². The molecule has 1 unspecified atom stereocenters. The molecule has 0 aliphatic heterocycles. The number of benzene rings is 3. The lowest BCUT2D eigenvalue weighted by molar-refractivity contribution is -0.126. The minimum absolute atomic E-state index is 0.0461. The van der Waals surface area contributed by atoms with E-state index >= 15 is 0 Å². The number of carbonyl (C=O) groups excluding carboxylic acids is 3. The number of ether oxygens (including phenoxy) is 3. The maximum atomic E-state index is 13.6. The number of amides is 2. The summed E-state index contributed by atoms with van der Waals surface area (Å²) in [7, 11) is 2.52. The maximum Gasteiger partial charge on any atom is 0.285 e. The van der Waals surface area contributed by atoms with Gasteiger partial charge in [-0.2, -0.15) is 0 Å². The van der Waals surface area contributed by atoms with E-state index in [9.17, 15) is 14.4 Å². The monoisotopic (exact) mass is 684 g/mol. The summed E-state index contributed by atoms with van der Waals surface area (Å²) in [5.74, 6) is -1.18. The van der Waals surface area contributed by atoms with Crippen molar-refractivity contribution in [3.05, 3.63) is 82.4 Å². The number of hydrogen-bond donors (Lipinski definition) is 2. The van der Waals surface area contributed by atoms with Crippen LogP contribution < -0.4 is 20.1 Å². The van der Waals surface area contributed by atoms with Crippen LogP contribution in [-0.4, -0.2) is 43.5 Å². The SMILES string of the molecule is CCC(C)(C)c1ccc(OCCCC(=O)Nc2cc(C(=O)C(Cl)(OC)C(=O)Nc3ccccc3)cc(OC)c2Cl)c(C(C)(C)CC)c1. The number of nitrogens with one attached hydrogen (secondary N) is 2. The maximum absolute atomic E-state index is 13.6. The van der Waals surface area contributed by atoms with Gasteiger partial charge < -0.3 is 24.8 Å². The molecule has 0 aromatic heterocycles. The molecule has 3 rings (SSSR count). The molecular weight excluding hydrogens is 639 g/mol. The first kappa shape index (κ1) is 37.9.